The predicted octanol–water partition coefficient (Wildman–Crippen LogP) is 1.51. The lowest BCUT2D eigenvalue weighted by molar-refractivity contribution is -0.133. The molecule has 4 nitrogen and oxygen atoms in total. The van der Waals surface area contributed by atoms with Crippen molar-refractivity contribution in [2.45, 2.75) is 0 Å². The summed E-state index contributed by atoms with van der Waals surface area (Å²) in [6, 6.07) is 2.69. The number of benzene rings is 1. The molecule has 1 aromatic rings. The molecule has 2 N–H and O–H groups in total. The van der Waals surface area contributed by atoms with E-state index in [-0.39, 0.29) is 17.9 Å². The summed E-state index contributed by atoms with van der Waals surface area (Å²) in [5.74, 6) is -2.91. The van der Waals surface area contributed by atoms with E-state index in [9.17, 15) is 18.4 Å². The van der Waals surface area contributed by atoms with Gasteiger partial charge in [-0.05, 0) is 12.1 Å². The minimum absolute atomic E-state index is 0.0548. The van der Waals surface area contributed by atoms with E-state index in [1.165, 1.54) is 0 Å². The third kappa shape index (κ3) is 4.70. The molecule has 0 heterocycles. The number of nitrogens with one attached hydrogen (secondary N) is 1. The van der Waals surface area contributed by atoms with Gasteiger partial charge in [0, 0.05) is 18.4 Å². The predicted molar refractivity (Wildman–Crippen MR) is 63.7 cm³/mol. The monoisotopic (exact) mass is 275 g/mol. The summed E-state index contributed by atoms with van der Waals surface area (Å²) in [5.41, 5.74) is -0.236. The van der Waals surface area contributed by atoms with E-state index in [1.54, 1.807) is 0 Å². The maximum atomic E-state index is 13.2. The number of hydrogen-bond donors (Lipinski definition) is 2. The van der Waals surface area contributed by atoms with Crippen LogP contribution in [0.3, 0.4) is 0 Å². The van der Waals surface area contributed by atoms with E-state index in [0.29, 0.717) is 11.8 Å². The average molecular weight is 275 g/mol. The molecule has 0 spiro atoms. The number of halogens is 2. The van der Waals surface area contributed by atoms with Crippen LogP contribution in [0.1, 0.15) is 10.4 Å². The topological polar surface area (TPSA) is 66.4 Å². The molecule has 1 aromatic carbocycles. The van der Waals surface area contributed by atoms with Crippen LogP contribution < -0.4 is 5.32 Å². The molecular weight excluding hydrogens is 264 g/mol. The van der Waals surface area contributed by atoms with Crippen LogP contribution in [-0.2, 0) is 4.79 Å². The zero-order chi connectivity index (χ0) is 13.5. The molecule has 1 amide bonds. The number of thioether (sulfide) groups is 1. The van der Waals surface area contributed by atoms with Crippen LogP contribution in [0.4, 0.5) is 8.78 Å². The van der Waals surface area contributed by atoms with Crippen LogP contribution in [0.15, 0.2) is 18.2 Å². The van der Waals surface area contributed by atoms with Crippen molar-refractivity contribution in [2.75, 3.05) is 18.1 Å². The van der Waals surface area contributed by atoms with E-state index in [1.807, 2.05) is 0 Å². The first kappa shape index (κ1) is 14.4. The summed E-state index contributed by atoms with van der Waals surface area (Å²) < 4.78 is 25.8. The number of carbonyl (C=O) groups is 2. The summed E-state index contributed by atoms with van der Waals surface area (Å²) in [6.45, 7) is 0.216. The van der Waals surface area contributed by atoms with Crippen LogP contribution in [-0.4, -0.2) is 35.0 Å². The zero-order valence-electron chi connectivity index (χ0n) is 9.28. The molecule has 7 heteroatoms. The second-order valence-electron chi connectivity index (χ2n) is 3.33. The summed E-state index contributed by atoms with van der Waals surface area (Å²) in [4.78, 5) is 21.7. The Morgan fingerprint density at radius 2 is 2.06 bits per heavy atom. The SMILES string of the molecule is O=C(O)CSCCNC(=O)c1ccc(F)cc1F. The molecule has 0 aliphatic heterocycles. The van der Waals surface area contributed by atoms with Crippen molar-refractivity contribution in [3.8, 4) is 0 Å². The largest absolute Gasteiger partial charge is 0.481 e. The molecule has 0 fully saturated rings. The van der Waals surface area contributed by atoms with Gasteiger partial charge in [-0.25, -0.2) is 8.78 Å². The Morgan fingerprint density at radius 1 is 1.33 bits per heavy atom. The van der Waals surface area contributed by atoms with Gasteiger partial charge in [0.25, 0.3) is 5.91 Å². The van der Waals surface area contributed by atoms with E-state index >= 15 is 0 Å². The van der Waals surface area contributed by atoms with E-state index in [0.717, 1.165) is 23.9 Å². The van der Waals surface area contributed by atoms with Gasteiger partial charge in [0.15, 0.2) is 0 Å². The molecule has 18 heavy (non-hydrogen) atoms. The molecule has 0 unspecified atom stereocenters. The van der Waals surface area contributed by atoms with Crippen LogP contribution in [0.2, 0.25) is 0 Å². The third-order valence-electron chi connectivity index (χ3n) is 1.93. The van der Waals surface area contributed by atoms with E-state index in [2.05, 4.69) is 5.32 Å². The Balaban J connectivity index is 2.39. The number of carboxylic acids is 1. The molecule has 0 aliphatic carbocycles. The fourth-order valence-corrected chi connectivity index (χ4v) is 1.73. The van der Waals surface area contributed by atoms with Gasteiger partial charge >= 0.3 is 5.97 Å². The molecule has 1 rings (SSSR count). The highest BCUT2D eigenvalue weighted by atomic mass is 32.2. The molecule has 0 bridgehead atoms. The maximum absolute atomic E-state index is 13.2. The first-order valence-electron chi connectivity index (χ1n) is 5.03. The van der Waals surface area contributed by atoms with E-state index < -0.39 is 23.5 Å². The molecule has 0 atom stereocenters. The lowest BCUT2D eigenvalue weighted by Gasteiger charge is -2.05. The second kappa shape index (κ2) is 6.95. The summed E-state index contributed by atoms with van der Waals surface area (Å²) >= 11 is 1.14. The molecule has 0 aliphatic rings. The zero-order valence-corrected chi connectivity index (χ0v) is 10.1. The fraction of sp³-hybridized carbons (Fsp3) is 0.273. The van der Waals surface area contributed by atoms with Crippen LogP contribution in [0.25, 0.3) is 0 Å². The van der Waals surface area contributed by atoms with Gasteiger partial charge in [-0.1, -0.05) is 0 Å². The van der Waals surface area contributed by atoms with Crippen molar-refractivity contribution >= 4 is 23.6 Å². The number of hydrogen-bond acceptors (Lipinski definition) is 3. The Bertz CT molecular complexity index is 454. The Hall–Kier alpha value is -1.63. The lowest BCUT2D eigenvalue weighted by Crippen LogP contribution is -2.26. The number of carboxylic acid groups (broad SMARTS) is 1. The van der Waals surface area contributed by atoms with Crippen LogP contribution >= 0.6 is 11.8 Å². The normalized spacial score (nSPS) is 10.1. The molecular formula is C11H11F2NO3S. The molecule has 0 saturated heterocycles. The standard InChI is InChI=1S/C11H11F2NO3S/c12-7-1-2-8(9(13)5-7)11(17)14-3-4-18-6-10(15)16/h1-2,5H,3-4,6H2,(H,14,17)(H,15,16). The van der Waals surface area contributed by atoms with Gasteiger partial charge in [-0.2, -0.15) is 0 Å². The summed E-state index contributed by atoms with van der Waals surface area (Å²) in [5, 5.41) is 10.8. The average Bonchev–Trinajstić information content (AvgIpc) is 2.27. The number of rotatable bonds is 6. The Labute approximate surface area is 106 Å². The number of aliphatic carboxylic acids is 1. The van der Waals surface area contributed by atoms with Gasteiger partial charge in [0.05, 0.1) is 11.3 Å². The highest BCUT2D eigenvalue weighted by Crippen LogP contribution is 2.09. The van der Waals surface area contributed by atoms with Crippen molar-refractivity contribution in [3.63, 3.8) is 0 Å². The van der Waals surface area contributed by atoms with Crippen molar-refractivity contribution in [2.24, 2.45) is 0 Å². The van der Waals surface area contributed by atoms with Crippen molar-refractivity contribution in [3.05, 3.63) is 35.4 Å². The molecule has 0 radical (unpaired) electrons. The summed E-state index contributed by atoms with van der Waals surface area (Å²) in [6.07, 6.45) is 0. The van der Waals surface area contributed by atoms with E-state index in [4.69, 9.17) is 5.11 Å². The highest BCUT2D eigenvalue weighted by Gasteiger charge is 2.11. The highest BCUT2D eigenvalue weighted by molar-refractivity contribution is 7.99. The van der Waals surface area contributed by atoms with Gasteiger partial charge in [0.1, 0.15) is 11.6 Å². The first-order chi connectivity index (χ1) is 8.50. The van der Waals surface area contributed by atoms with Gasteiger partial charge in [-0.3, -0.25) is 9.59 Å². The van der Waals surface area contributed by atoms with Gasteiger partial charge in [0.2, 0.25) is 0 Å². The second-order valence-corrected chi connectivity index (χ2v) is 4.43. The van der Waals surface area contributed by atoms with Crippen molar-refractivity contribution < 1.29 is 23.5 Å². The van der Waals surface area contributed by atoms with Crippen LogP contribution in [0.5, 0.6) is 0 Å². The van der Waals surface area contributed by atoms with Crippen molar-refractivity contribution in [1.82, 2.24) is 5.32 Å². The van der Waals surface area contributed by atoms with Gasteiger partial charge < -0.3 is 10.4 Å². The Kier molecular flexibility index (Phi) is 5.57. The third-order valence-corrected chi connectivity index (χ3v) is 2.88. The number of carbonyl (C=O) groups excluding carboxylic acids is 1. The molecule has 98 valence electrons. The quantitative estimate of drug-likeness (QED) is 0.772. The van der Waals surface area contributed by atoms with Gasteiger partial charge in [-0.15, -0.1) is 11.8 Å². The number of amides is 1. The first-order valence-corrected chi connectivity index (χ1v) is 6.19. The summed E-state index contributed by atoms with van der Waals surface area (Å²) in [7, 11) is 0. The van der Waals surface area contributed by atoms with Crippen LogP contribution in [0, 0.1) is 11.6 Å². The minimum atomic E-state index is -0.934. The minimum Gasteiger partial charge on any atom is -0.481 e. The lowest BCUT2D eigenvalue weighted by atomic mass is 10.2. The van der Waals surface area contributed by atoms with Crippen molar-refractivity contribution in [1.29, 1.82) is 0 Å². The smallest absolute Gasteiger partial charge is 0.313 e. The fourth-order valence-electron chi connectivity index (χ4n) is 1.17. The maximum Gasteiger partial charge on any atom is 0.313 e. The Morgan fingerprint density at radius 3 is 2.67 bits per heavy atom. The molecule has 0 saturated carbocycles. The molecule has 0 aromatic heterocycles.